The Hall–Kier alpha value is -1.94. The molecule has 0 N–H and O–H groups in total. The molecule has 2 nitrogen and oxygen atoms in total. The maximum atomic E-state index is 13.6. The van der Waals surface area contributed by atoms with Crippen molar-refractivity contribution in [3.8, 4) is 5.75 Å². The highest BCUT2D eigenvalue weighted by Gasteiger charge is 2.36. The molecule has 5 heteroatoms. The van der Waals surface area contributed by atoms with Gasteiger partial charge in [-0.15, -0.1) is 0 Å². The van der Waals surface area contributed by atoms with E-state index < -0.39 is 23.5 Å². The van der Waals surface area contributed by atoms with E-state index >= 15 is 0 Å². The lowest BCUT2D eigenvalue weighted by Crippen LogP contribution is -2.11. The SMILES string of the molecule is O=C1c2c(F)cc(F)cc2OC1c1ccc(Cl)cc1. The number of Topliss-reactive ketones (excluding diaryl/α,β-unsaturated/α-hetero) is 1. The van der Waals surface area contributed by atoms with Gasteiger partial charge in [0.1, 0.15) is 17.4 Å². The fourth-order valence-electron chi connectivity index (χ4n) is 2.05. The molecule has 0 amide bonds. The van der Waals surface area contributed by atoms with Crippen LogP contribution in [0.4, 0.5) is 8.78 Å². The van der Waals surface area contributed by atoms with Gasteiger partial charge >= 0.3 is 0 Å². The number of rotatable bonds is 1. The standard InChI is InChI=1S/C14H7ClF2O2/c15-8-3-1-7(2-4-8)14-13(18)12-10(17)5-9(16)6-11(12)19-14/h1-6,14H. The summed E-state index contributed by atoms with van der Waals surface area (Å²) in [7, 11) is 0. The highest BCUT2D eigenvalue weighted by atomic mass is 35.5. The summed E-state index contributed by atoms with van der Waals surface area (Å²) >= 11 is 5.75. The van der Waals surface area contributed by atoms with Crippen molar-refractivity contribution in [1.82, 2.24) is 0 Å². The first-order chi connectivity index (χ1) is 9.06. The number of fused-ring (bicyclic) bond motifs is 1. The van der Waals surface area contributed by atoms with Crippen LogP contribution in [0, 0.1) is 11.6 Å². The van der Waals surface area contributed by atoms with Gasteiger partial charge in [0.05, 0.1) is 5.56 Å². The van der Waals surface area contributed by atoms with Gasteiger partial charge in [0.2, 0.25) is 5.78 Å². The topological polar surface area (TPSA) is 26.3 Å². The molecule has 3 rings (SSSR count). The second-order valence-electron chi connectivity index (χ2n) is 4.17. The van der Waals surface area contributed by atoms with E-state index in [1.54, 1.807) is 24.3 Å². The van der Waals surface area contributed by atoms with Crippen LogP contribution in [0.5, 0.6) is 5.75 Å². The molecule has 0 aromatic heterocycles. The number of carbonyl (C=O) groups excluding carboxylic acids is 1. The van der Waals surface area contributed by atoms with Crippen LogP contribution in [0.1, 0.15) is 22.0 Å². The molecular weight excluding hydrogens is 274 g/mol. The van der Waals surface area contributed by atoms with Gasteiger partial charge in [-0.05, 0) is 12.1 Å². The first-order valence-electron chi connectivity index (χ1n) is 5.51. The quantitative estimate of drug-likeness (QED) is 0.791. The van der Waals surface area contributed by atoms with Crippen LogP contribution in [0.2, 0.25) is 5.02 Å². The lowest BCUT2D eigenvalue weighted by Gasteiger charge is -2.09. The second kappa shape index (κ2) is 4.31. The summed E-state index contributed by atoms with van der Waals surface area (Å²) in [6.45, 7) is 0. The molecule has 0 aliphatic carbocycles. The Morgan fingerprint density at radius 3 is 2.47 bits per heavy atom. The molecule has 2 aromatic carbocycles. The molecule has 1 unspecified atom stereocenters. The Bertz CT molecular complexity index is 668. The summed E-state index contributed by atoms with van der Waals surface area (Å²) in [5.74, 6) is -2.27. The maximum Gasteiger partial charge on any atom is 0.214 e. The van der Waals surface area contributed by atoms with Crippen LogP contribution < -0.4 is 4.74 Å². The van der Waals surface area contributed by atoms with Gasteiger partial charge in [0.15, 0.2) is 6.10 Å². The Labute approximate surface area is 112 Å². The summed E-state index contributed by atoms with van der Waals surface area (Å²) < 4.78 is 32.0. The number of ether oxygens (including phenoxy) is 1. The molecule has 0 saturated heterocycles. The summed E-state index contributed by atoms with van der Waals surface area (Å²) in [4.78, 5) is 12.1. The van der Waals surface area contributed by atoms with Crippen molar-refractivity contribution in [2.24, 2.45) is 0 Å². The second-order valence-corrected chi connectivity index (χ2v) is 4.61. The average molecular weight is 281 g/mol. The lowest BCUT2D eigenvalue weighted by atomic mass is 10.0. The normalized spacial score (nSPS) is 17.2. The minimum atomic E-state index is -0.955. The van der Waals surface area contributed by atoms with E-state index in [2.05, 4.69) is 0 Å². The van der Waals surface area contributed by atoms with Gasteiger partial charge in [-0.25, -0.2) is 8.78 Å². The monoisotopic (exact) mass is 280 g/mol. The number of hydrogen-bond donors (Lipinski definition) is 0. The van der Waals surface area contributed by atoms with Crippen molar-refractivity contribution >= 4 is 17.4 Å². The van der Waals surface area contributed by atoms with Crippen LogP contribution in [-0.4, -0.2) is 5.78 Å². The molecule has 0 fully saturated rings. The number of benzene rings is 2. The van der Waals surface area contributed by atoms with Gasteiger partial charge in [0.25, 0.3) is 0 Å². The Kier molecular flexibility index (Phi) is 2.75. The molecule has 96 valence electrons. The van der Waals surface area contributed by atoms with Crippen LogP contribution in [0.15, 0.2) is 36.4 Å². The van der Waals surface area contributed by atoms with E-state index in [9.17, 15) is 13.6 Å². The smallest absolute Gasteiger partial charge is 0.214 e. The van der Waals surface area contributed by atoms with Crippen LogP contribution in [0.25, 0.3) is 0 Å². The summed E-state index contributed by atoms with van der Waals surface area (Å²) in [5.41, 5.74) is 0.340. The third-order valence-electron chi connectivity index (χ3n) is 2.92. The summed E-state index contributed by atoms with van der Waals surface area (Å²) in [6.07, 6.45) is -0.955. The van der Waals surface area contributed by atoms with Gasteiger partial charge in [-0.1, -0.05) is 23.7 Å². The highest BCUT2D eigenvalue weighted by molar-refractivity contribution is 6.30. The molecule has 19 heavy (non-hydrogen) atoms. The summed E-state index contributed by atoms with van der Waals surface area (Å²) in [6, 6.07) is 8.12. The molecule has 0 saturated carbocycles. The molecule has 1 aliphatic heterocycles. The molecule has 0 radical (unpaired) electrons. The van der Waals surface area contributed by atoms with E-state index in [0.717, 1.165) is 6.07 Å². The molecule has 1 heterocycles. The third-order valence-corrected chi connectivity index (χ3v) is 3.17. The fourth-order valence-corrected chi connectivity index (χ4v) is 2.18. The zero-order chi connectivity index (χ0) is 13.6. The van der Waals surface area contributed by atoms with E-state index in [0.29, 0.717) is 16.7 Å². The van der Waals surface area contributed by atoms with Crippen molar-refractivity contribution in [1.29, 1.82) is 0 Å². The van der Waals surface area contributed by atoms with Crippen molar-refractivity contribution in [2.45, 2.75) is 6.10 Å². The zero-order valence-corrected chi connectivity index (χ0v) is 10.2. The number of ketones is 1. The zero-order valence-electron chi connectivity index (χ0n) is 9.49. The van der Waals surface area contributed by atoms with E-state index in [1.807, 2.05) is 0 Å². The van der Waals surface area contributed by atoms with Gasteiger partial charge in [-0.2, -0.15) is 0 Å². The van der Waals surface area contributed by atoms with Crippen molar-refractivity contribution < 1.29 is 18.3 Å². The Morgan fingerprint density at radius 1 is 1.11 bits per heavy atom. The van der Waals surface area contributed by atoms with Crippen LogP contribution in [0.3, 0.4) is 0 Å². The molecule has 2 aromatic rings. The number of halogens is 3. The van der Waals surface area contributed by atoms with Gasteiger partial charge in [0, 0.05) is 22.7 Å². The van der Waals surface area contributed by atoms with Crippen LogP contribution in [-0.2, 0) is 0 Å². The fraction of sp³-hybridized carbons (Fsp3) is 0.0714. The van der Waals surface area contributed by atoms with E-state index in [1.165, 1.54) is 0 Å². The lowest BCUT2D eigenvalue weighted by molar-refractivity contribution is 0.0856. The predicted molar refractivity (Wildman–Crippen MR) is 65.5 cm³/mol. The van der Waals surface area contributed by atoms with E-state index in [4.69, 9.17) is 16.3 Å². The van der Waals surface area contributed by atoms with Gasteiger partial charge in [-0.3, -0.25) is 4.79 Å². The predicted octanol–water partition coefficient (Wildman–Crippen LogP) is 3.93. The van der Waals surface area contributed by atoms with Crippen LogP contribution >= 0.6 is 11.6 Å². The molecule has 0 spiro atoms. The third kappa shape index (κ3) is 1.98. The summed E-state index contributed by atoms with van der Waals surface area (Å²) in [5, 5.41) is 0.518. The van der Waals surface area contributed by atoms with Gasteiger partial charge < -0.3 is 4.74 Å². The molecular formula is C14H7ClF2O2. The van der Waals surface area contributed by atoms with Crippen molar-refractivity contribution in [3.05, 3.63) is 64.2 Å². The Morgan fingerprint density at radius 2 is 1.79 bits per heavy atom. The maximum absolute atomic E-state index is 13.6. The number of hydrogen-bond acceptors (Lipinski definition) is 2. The molecule has 1 aliphatic rings. The van der Waals surface area contributed by atoms with Crippen molar-refractivity contribution in [2.75, 3.05) is 0 Å². The largest absolute Gasteiger partial charge is 0.477 e. The number of carbonyl (C=O) groups is 1. The highest BCUT2D eigenvalue weighted by Crippen LogP contribution is 2.38. The van der Waals surface area contributed by atoms with E-state index in [-0.39, 0.29) is 11.3 Å². The minimum Gasteiger partial charge on any atom is -0.477 e. The van der Waals surface area contributed by atoms with Crippen molar-refractivity contribution in [3.63, 3.8) is 0 Å². The minimum absolute atomic E-state index is 0.0672. The first-order valence-corrected chi connectivity index (χ1v) is 5.89. The molecule has 1 atom stereocenters. The molecule has 0 bridgehead atoms. The average Bonchev–Trinajstić information content (AvgIpc) is 2.67. The first kappa shape index (κ1) is 12.1. The Balaban J connectivity index is 2.04.